The van der Waals surface area contributed by atoms with E-state index in [-0.39, 0.29) is 0 Å². The average Bonchev–Trinajstić information content (AvgIpc) is 2.24. The van der Waals surface area contributed by atoms with E-state index in [0.717, 1.165) is 11.1 Å². The van der Waals surface area contributed by atoms with Gasteiger partial charge in [0, 0.05) is 0 Å². The van der Waals surface area contributed by atoms with E-state index in [1.54, 1.807) is 0 Å². The van der Waals surface area contributed by atoms with Crippen molar-refractivity contribution in [1.82, 2.24) is 0 Å². The maximum atomic E-state index is 3.88. The summed E-state index contributed by atoms with van der Waals surface area (Å²) < 4.78 is 0. The van der Waals surface area contributed by atoms with E-state index in [2.05, 4.69) is 27.0 Å². The molecule has 0 aliphatic rings. The van der Waals surface area contributed by atoms with Gasteiger partial charge in [0.1, 0.15) is 0 Å². The van der Waals surface area contributed by atoms with Crippen LogP contribution in [0.25, 0.3) is 0 Å². The van der Waals surface area contributed by atoms with Crippen molar-refractivity contribution in [3.05, 3.63) is 35.5 Å². The van der Waals surface area contributed by atoms with Crippen LogP contribution in [-0.2, 0) is 0 Å². The first-order valence-corrected chi connectivity index (χ1v) is 6.46. The molecule has 0 saturated carbocycles. The quantitative estimate of drug-likeness (QED) is 0.468. The number of allylic oxidation sites excluding steroid dienone is 4. The van der Waals surface area contributed by atoms with Gasteiger partial charge in [0.05, 0.1) is 0 Å². The first-order chi connectivity index (χ1) is 7.46. The number of rotatable bonds is 2. The van der Waals surface area contributed by atoms with E-state index in [9.17, 15) is 0 Å². The van der Waals surface area contributed by atoms with E-state index in [4.69, 9.17) is 0 Å². The molecule has 0 rings (SSSR count). The third-order valence-corrected chi connectivity index (χ3v) is 1.35. The summed E-state index contributed by atoms with van der Waals surface area (Å²) >= 11 is 0. The van der Waals surface area contributed by atoms with Crippen molar-refractivity contribution in [2.24, 2.45) is 0 Å². The molecule has 16 heavy (non-hydrogen) atoms. The summed E-state index contributed by atoms with van der Waals surface area (Å²) in [6.45, 7) is 27.9. The van der Waals surface area contributed by atoms with Crippen molar-refractivity contribution in [2.75, 3.05) is 0 Å². The Morgan fingerprint density at radius 2 is 0.750 bits per heavy atom. The lowest BCUT2D eigenvalue weighted by molar-refractivity contribution is 1.23. The Balaban J connectivity index is -0.000000103. The number of hydrogen-bond donors (Lipinski definition) is 0. The molecular weight excluding hydrogens is 192 g/mol. The van der Waals surface area contributed by atoms with Crippen molar-refractivity contribution in [3.8, 4) is 0 Å². The zero-order valence-electron chi connectivity index (χ0n) is 13.4. The molecule has 0 aromatic heterocycles. The van der Waals surface area contributed by atoms with E-state index in [1.165, 1.54) is 11.1 Å². The summed E-state index contributed by atoms with van der Waals surface area (Å²) in [6, 6.07) is 0. The van der Waals surface area contributed by atoms with E-state index in [1.807, 2.05) is 55.4 Å². The van der Waals surface area contributed by atoms with Crippen LogP contribution in [0.15, 0.2) is 35.5 Å². The van der Waals surface area contributed by atoms with Gasteiger partial charge in [0.15, 0.2) is 0 Å². The monoisotopic (exact) mass is 226 g/mol. The van der Waals surface area contributed by atoms with E-state index < -0.39 is 0 Å². The molecule has 0 radical (unpaired) electrons. The van der Waals surface area contributed by atoms with Gasteiger partial charge in [-0.1, -0.05) is 71.4 Å². The van der Waals surface area contributed by atoms with Gasteiger partial charge in [0.2, 0.25) is 0 Å². The van der Waals surface area contributed by atoms with Gasteiger partial charge in [-0.05, 0) is 33.3 Å². The molecule has 0 spiro atoms. The largest absolute Gasteiger partial charge is 0.0955 e. The molecule has 0 heterocycles. The van der Waals surface area contributed by atoms with E-state index >= 15 is 0 Å². The highest BCUT2D eigenvalue weighted by Crippen LogP contribution is 2.19. The predicted molar refractivity (Wildman–Crippen MR) is 82.0 cm³/mol. The van der Waals surface area contributed by atoms with Gasteiger partial charge in [-0.25, -0.2) is 0 Å². The first-order valence-electron chi connectivity index (χ1n) is 6.46. The molecule has 0 N–H and O–H groups in total. The Hall–Kier alpha value is -0.780. The highest BCUT2D eigenvalue weighted by molar-refractivity contribution is 5.44. The molecule has 0 aromatic rings. The third kappa shape index (κ3) is 15.7. The molecule has 0 heteroatoms. The fraction of sp³-hybridized carbons (Fsp3) is 0.625. The van der Waals surface area contributed by atoms with Crippen LogP contribution in [0.4, 0.5) is 0 Å². The van der Waals surface area contributed by atoms with Crippen LogP contribution in [0.5, 0.6) is 0 Å². The highest BCUT2D eigenvalue weighted by atomic mass is 14.0. The molecule has 0 amide bonds. The highest BCUT2D eigenvalue weighted by Gasteiger charge is 1.99. The summed E-state index contributed by atoms with van der Waals surface area (Å²) in [5.74, 6) is 0. The Bertz CT molecular complexity index is 172. The van der Waals surface area contributed by atoms with Crippen molar-refractivity contribution in [3.63, 3.8) is 0 Å². The topological polar surface area (TPSA) is 0 Å². The van der Waals surface area contributed by atoms with E-state index in [0.29, 0.717) is 0 Å². The molecule has 0 aliphatic heterocycles. The van der Waals surface area contributed by atoms with Crippen LogP contribution < -0.4 is 0 Å². The molecule has 0 fully saturated rings. The van der Waals surface area contributed by atoms with Gasteiger partial charge in [-0.2, -0.15) is 0 Å². The second kappa shape index (κ2) is 19.7. The first kappa shape index (κ1) is 24.4. The van der Waals surface area contributed by atoms with Crippen LogP contribution in [0, 0.1) is 0 Å². The molecule has 0 bridgehead atoms. The lowest BCUT2D eigenvalue weighted by atomic mass is 9.98. The van der Waals surface area contributed by atoms with Gasteiger partial charge in [0.25, 0.3) is 0 Å². The van der Waals surface area contributed by atoms with Gasteiger partial charge in [-0.15, -0.1) is 0 Å². The Kier molecular flexibility index (Phi) is 30.2. The molecule has 0 aromatic carbocycles. The summed E-state index contributed by atoms with van der Waals surface area (Å²) in [5, 5.41) is 0. The Morgan fingerprint density at radius 1 is 0.562 bits per heavy atom. The normalized spacial score (nSPS) is 6.62. The van der Waals surface area contributed by atoms with Crippen molar-refractivity contribution in [2.45, 2.75) is 69.2 Å². The fourth-order valence-electron chi connectivity index (χ4n) is 1.22. The molecule has 0 nitrogen and oxygen atoms in total. The van der Waals surface area contributed by atoms with Crippen LogP contribution >= 0.6 is 0 Å². The lowest BCUT2D eigenvalue weighted by Crippen LogP contribution is -1.87. The van der Waals surface area contributed by atoms with Gasteiger partial charge in [-0.3, -0.25) is 0 Å². The molecule has 0 unspecified atom stereocenters. The summed E-state index contributed by atoms with van der Waals surface area (Å²) in [7, 11) is 0. The zero-order chi connectivity index (χ0) is 14.3. The average molecular weight is 226 g/mol. The molecule has 0 atom stereocenters. The molecule has 98 valence electrons. The summed E-state index contributed by atoms with van der Waals surface area (Å²) in [4.78, 5) is 0. The fourth-order valence-corrected chi connectivity index (χ4v) is 1.22. The minimum atomic E-state index is 1.10. The van der Waals surface area contributed by atoms with Crippen molar-refractivity contribution < 1.29 is 0 Å². The van der Waals surface area contributed by atoms with Gasteiger partial charge < -0.3 is 0 Å². The maximum Gasteiger partial charge on any atom is -0.0223 e. The standard InChI is InChI=1S/C10H16.3C2H6/c1-7(2)10(8(3)4)9(5)6;3*1-2/h1,3H2,2,4-6H3;3*1-2H3. The van der Waals surface area contributed by atoms with Crippen LogP contribution in [0.3, 0.4) is 0 Å². The Labute approximate surface area is 105 Å². The number of hydrogen-bond acceptors (Lipinski definition) is 0. The molecular formula is C16H34. The molecule has 0 saturated heterocycles. The summed E-state index contributed by atoms with van der Waals surface area (Å²) in [6.07, 6.45) is 0. The Morgan fingerprint density at radius 3 is 0.750 bits per heavy atom. The lowest BCUT2D eigenvalue weighted by Gasteiger charge is -2.07. The maximum absolute atomic E-state index is 3.88. The minimum Gasteiger partial charge on any atom is -0.0955 e. The predicted octanol–water partition coefficient (Wildman–Crippen LogP) is 6.55. The van der Waals surface area contributed by atoms with Crippen molar-refractivity contribution in [1.29, 1.82) is 0 Å². The smallest absolute Gasteiger partial charge is 0.0223 e. The van der Waals surface area contributed by atoms with Crippen molar-refractivity contribution >= 4 is 0 Å². The molecule has 0 aliphatic carbocycles. The SMILES string of the molecule is C=C(C)C(C(=C)C)=C(C)C.CC.CC.CC. The second-order valence-electron chi connectivity index (χ2n) is 2.94. The van der Waals surface area contributed by atoms with Crippen LogP contribution in [-0.4, -0.2) is 0 Å². The minimum absolute atomic E-state index is 1.10. The van der Waals surface area contributed by atoms with Crippen LogP contribution in [0.2, 0.25) is 0 Å². The second-order valence-corrected chi connectivity index (χ2v) is 2.94. The summed E-state index contributed by atoms with van der Waals surface area (Å²) in [5.41, 5.74) is 4.72. The van der Waals surface area contributed by atoms with Crippen LogP contribution in [0.1, 0.15) is 69.2 Å². The van der Waals surface area contributed by atoms with Gasteiger partial charge >= 0.3 is 0 Å². The third-order valence-electron chi connectivity index (χ3n) is 1.35. The zero-order valence-corrected chi connectivity index (χ0v) is 13.4.